The molecule has 4 rings (SSSR count). The number of fused-ring (bicyclic) bond motifs is 1. The van der Waals surface area contributed by atoms with E-state index in [2.05, 4.69) is 54.4 Å². The number of aromatic nitrogens is 2. The molecular formula is C28H36N4O2. The highest BCUT2D eigenvalue weighted by atomic mass is 16.3. The third-order valence-electron chi connectivity index (χ3n) is 6.71. The lowest BCUT2D eigenvalue weighted by atomic mass is 9.90. The average molecular weight is 461 g/mol. The first-order valence-corrected chi connectivity index (χ1v) is 12.2. The first-order valence-electron chi connectivity index (χ1n) is 12.2. The number of pyridine rings is 2. The zero-order valence-electron chi connectivity index (χ0n) is 20.3. The summed E-state index contributed by atoms with van der Waals surface area (Å²) in [5.74, 6) is 0. The first-order chi connectivity index (χ1) is 16.6. The van der Waals surface area contributed by atoms with Gasteiger partial charge in [0.25, 0.3) is 0 Å². The number of rotatable bonds is 10. The van der Waals surface area contributed by atoms with Crippen LogP contribution in [0, 0.1) is 13.8 Å². The highest BCUT2D eigenvalue weighted by Gasteiger charge is 2.28. The van der Waals surface area contributed by atoms with Crippen molar-refractivity contribution in [1.29, 1.82) is 0 Å². The van der Waals surface area contributed by atoms with Crippen LogP contribution in [0.2, 0.25) is 0 Å². The van der Waals surface area contributed by atoms with Gasteiger partial charge in [0.15, 0.2) is 0 Å². The van der Waals surface area contributed by atoms with E-state index in [9.17, 15) is 5.11 Å². The SMILES string of the molecule is Cc1cnc(CN(Cc2ccc(CNCCO)cc2CO)[C@H]2CCCc3cccnc32)c(C)c1. The molecule has 0 unspecified atom stereocenters. The molecule has 6 heteroatoms. The summed E-state index contributed by atoms with van der Waals surface area (Å²) in [5.41, 5.74) is 9.15. The minimum atomic E-state index is -0.00166. The summed E-state index contributed by atoms with van der Waals surface area (Å²) in [6, 6.07) is 13.0. The van der Waals surface area contributed by atoms with Crippen LogP contribution in [0.4, 0.5) is 0 Å². The smallest absolute Gasteiger partial charge is 0.0685 e. The largest absolute Gasteiger partial charge is 0.395 e. The first kappa shape index (κ1) is 24.5. The van der Waals surface area contributed by atoms with Crippen LogP contribution in [0.15, 0.2) is 48.8 Å². The Kier molecular flexibility index (Phi) is 8.40. The molecule has 2 heterocycles. The lowest BCUT2D eigenvalue weighted by Gasteiger charge is -2.35. The van der Waals surface area contributed by atoms with E-state index in [0.717, 1.165) is 54.7 Å². The second kappa shape index (κ2) is 11.7. The van der Waals surface area contributed by atoms with Crippen molar-refractivity contribution in [2.75, 3.05) is 13.2 Å². The van der Waals surface area contributed by atoms with Crippen LogP contribution in [0.3, 0.4) is 0 Å². The van der Waals surface area contributed by atoms with Gasteiger partial charge in [0.1, 0.15) is 0 Å². The van der Waals surface area contributed by atoms with Crippen molar-refractivity contribution in [2.24, 2.45) is 0 Å². The Labute approximate surface area is 202 Å². The number of hydrogen-bond donors (Lipinski definition) is 3. The van der Waals surface area contributed by atoms with Gasteiger partial charge < -0.3 is 15.5 Å². The maximum Gasteiger partial charge on any atom is 0.0685 e. The van der Waals surface area contributed by atoms with E-state index in [1.165, 1.54) is 22.4 Å². The maximum atomic E-state index is 10.2. The highest BCUT2D eigenvalue weighted by Crippen LogP contribution is 2.35. The van der Waals surface area contributed by atoms with Crippen LogP contribution in [-0.4, -0.2) is 38.2 Å². The van der Waals surface area contributed by atoms with E-state index in [1.807, 2.05) is 18.5 Å². The summed E-state index contributed by atoms with van der Waals surface area (Å²) in [6.45, 7) is 7.00. The molecule has 1 aromatic carbocycles. The summed E-state index contributed by atoms with van der Waals surface area (Å²) in [6.07, 6.45) is 7.13. The molecule has 0 bridgehead atoms. The number of benzene rings is 1. The van der Waals surface area contributed by atoms with Gasteiger partial charge in [-0.05, 0) is 72.6 Å². The summed E-state index contributed by atoms with van der Waals surface area (Å²) in [7, 11) is 0. The predicted molar refractivity (Wildman–Crippen MR) is 134 cm³/mol. The van der Waals surface area contributed by atoms with Gasteiger partial charge in [-0.15, -0.1) is 0 Å². The summed E-state index contributed by atoms with van der Waals surface area (Å²) in [4.78, 5) is 12.0. The molecule has 2 aromatic heterocycles. The molecule has 6 nitrogen and oxygen atoms in total. The van der Waals surface area contributed by atoms with Gasteiger partial charge in [-0.25, -0.2) is 0 Å². The monoisotopic (exact) mass is 460 g/mol. The Morgan fingerprint density at radius 1 is 1.06 bits per heavy atom. The molecule has 3 N–H and O–H groups in total. The summed E-state index contributed by atoms with van der Waals surface area (Å²) >= 11 is 0. The van der Waals surface area contributed by atoms with E-state index < -0.39 is 0 Å². The third-order valence-corrected chi connectivity index (χ3v) is 6.71. The van der Waals surface area contributed by atoms with Gasteiger partial charge in [0.05, 0.1) is 30.6 Å². The number of nitrogens with zero attached hydrogens (tertiary/aromatic N) is 3. The van der Waals surface area contributed by atoms with Gasteiger partial charge in [-0.2, -0.15) is 0 Å². The van der Waals surface area contributed by atoms with E-state index in [-0.39, 0.29) is 19.3 Å². The van der Waals surface area contributed by atoms with Gasteiger partial charge >= 0.3 is 0 Å². The fraction of sp³-hybridized carbons (Fsp3) is 0.429. The van der Waals surface area contributed by atoms with Crippen molar-refractivity contribution in [3.8, 4) is 0 Å². The van der Waals surface area contributed by atoms with Crippen LogP contribution in [0.1, 0.15) is 63.7 Å². The Bertz CT molecular complexity index is 1100. The van der Waals surface area contributed by atoms with Gasteiger partial charge in [-0.3, -0.25) is 14.9 Å². The Morgan fingerprint density at radius 2 is 1.94 bits per heavy atom. The van der Waals surface area contributed by atoms with Crippen molar-refractivity contribution >= 4 is 0 Å². The predicted octanol–water partition coefficient (Wildman–Crippen LogP) is 3.75. The van der Waals surface area contributed by atoms with Crippen molar-refractivity contribution in [3.05, 3.63) is 93.6 Å². The van der Waals surface area contributed by atoms with Crippen molar-refractivity contribution < 1.29 is 10.2 Å². The average Bonchev–Trinajstić information content (AvgIpc) is 2.85. The Balaban J connectivity index is 1.65. The van der Waals surface area contributed by atoms with Gasteiger partial charge in [0.2, 0.25) is 0 Å². The Hall–Kier alpha value is -2.64. The molecule has 1 aliphatic carbocycles. The lowest BCUT2D eigenvalue weighted by Crippen LogP contribution is -2.32. The molecule has 3 aromatic rings. The number of nitrogens with one attached hydrogen (secondary N) is 1. The van der Waals surface area contributed by atoms with Crippen LogP contribution in [0.25, 0.3) is 0 Å². The topological polar surface area (TPSA) is 81.5 Å². The van der Waals surface area contributed by atoms with Crippen LogP contribution >= 0.6 is 0 Å². The molecule has 0 saturated heterocycles. The fourth-order valence-corrected chi connectivity index (χ4v) is 4.94. The van der Waals surface area contributed by atoms with Crippen molar-refractivity contribution in [1.82, 2.24) is 20.2 Å². The molecule has 1 atom stereocenters. The van der Waals surface area contributed by atoms with Gasteiger partial charge in [0, 0.05) is 38.6 Å². The number of hydrogen-bond acceptors (Lipinski definition) is 6. The molecule has 0 spiro atoms. The Morgan fingerprint density at radius 3 is 2.74 bits per heavy atom. The minimum absolute atomic E-state index is 0.00166. The summed E-state index contributed by atoms with van der Waals surface area (Å²) < 4.78 is 0. The number of aryl methyl sites for hydroxylation is 3. The van der Waals surface area contributed by atoms with Crippen molar-refractivity contribution in [3.63, 3.8) is 0 Å². The third kappa shape index (κ3) is 5.88. The normalized spacial score (nSPS) is 15.5. The quantitative estimate of drug-likeness (QED) is 0.400. The minimum Gasteiger partial charge on any atom is -0.395 e. The standard InChI is InChI=1S/C28H36N4O2/c1-20-13-21(2)26(31-15-20)18-32(27-7-3-5-23-6-4-10-30-28(23)27)17-24-9-8-22(14-25(24)19-34)16-29-11-12-33/h4,6,8-10,13-15,27,29,33-34H,3,5,7,11-12,16-19H2,1-2H3/t27-/m0/s1. The molecular weight excluding hydrogens is 424 g/mol. The molecule has 1 aliphatic rings. The molecule has 0 radical (unpaired) electrons. The molecule has 180 valence electrons. The zero-order chi connectivity index (χ0) is 23.9. The second-order valence-electron chi connectivity index (χ2n) is 9.30. The molecule has 0 amide bonds. The molecule has 0 fully saturated rings. The molecule has 34 heavy (non-hydrogen) atoms. The second-order valence-corrected chi connectivity index (χ2v) is 9.30. The zero-order valence-corrected chi connectivity index (χ0v) is 20.3. The fourth-order valence-electron chi connectivity index (χ4n) is 4.94. The maximum absolute atomic E-state index is 10.2. The van der Waals surface area contributed by atoms with Crippen LogP contribution in [0.5, 0.6) is 0 Å². The van der Waals surface area contributed by atoms with E-state index >= 15 is 0 Å². The number of aliphatic hydroxyl groups excluding tert-OH is 2. The van der Waals surface area contributed by atoms with Crippen molar-refractivity contribution in [2.45, 2.75) is 65.4 Å². The van der Waals surface area contributed by atoms with E-state index in [1.54, 1.807) is 0 Å². The van der Waals surface area contributed by atoms with Gasteiger partial charge in [-0.1, -0.05) is 30.3 Å². The molecule has 0 saturated carbocycles. The summed E-state index contributed by atoms with van der Waals surface area (Å²) in [5, 5.41) is 22.4. The highest BCUT2D eigenvalue weighted by molar-refractivity contribution is 5.33. The molecule has 0 aliphatic heterocycles. The van der Waals surface area contributed by atoms with E-state index in [4.69, 9.17) is 15.1 Å². The lowest BCUT2D eigenvalue weighted by molar-refractivity contribution is 0.153. The number of aliphatic hydroxyl groups is 2. The van der Waals surface area contributed by atoms with Crippen LogP contribution in [-0.2, 0) is 32.7 Å². The van der Waals surface area contributed by atoms with Crippen LogP contribution < -0.4 is 5.32 Å². The van der Waals surface area contributed by atoms with E-state index in [0.29, 0.717) is 13.1 Å².